The van der Waals surface area contributed by atoms with Crippen LogP contribution in [-0.4, -0.2) is 43.7 Å². The summed E-state index contributed by atoms with van der Waals surface area (Å²) in [4.78, 5) is 6.85. The van der Waals surface area contributed by atoms with E-state index in [-0.39, 0.29) is 0 Å². The van der Waals surface area contributed by atoms with E-state index in [1.165, 1.54) is 12.8 Å². The first-order valence-electron chi connectivity index (χ1n) is 6.62. The largest absolute Gasteiger partial charge is 0.380 e. The topological polar surface area (TPSA) is 37.4 Å². The second-order valence-corrected chi connectivity index (χ2v) is 5.96. The molecule has 0 amide bonds. The van der Waals surface area contributed by atoms with Gasteiger partial charge in [-0.3, -0.25) is 4.90 Å². The minimum absolute atomic E-state index is 0.834. The summed E-state index contributed by atoms with van der Waals surface area (Å²) in [6.45, 7) is 4.54. The van der Waals surface area contributed by atoms with E-state index in [2.05, 4.69) is 27.6 Å². The van der Waals surface area contributed by atoms with Crippen LogP contribution >= 0.6 is 11.3 Å². The van der Waals surface area contributed by atoms with Gasteiger partial charge < -0.3 is 10.1 Å². The van der Waals surface area contributed by atoms with Crippen LogP contribution in [0, 0.1) is 5.92 Å². The Kier molecular flexibility index (Phi) is 5.56. The minimum Gasteiger partial charge on any atom is -0.380 e. The van der Waals surface area contributed by atoms with Crippen molar-refractivity contribution in [3.05, 3.63) is 16.1 Å². The van der Waals surface area contributed by atoms with E-state index in [1.807, 2.05) is 7.05 Å². The second-order valence-electron chi connectivity index (χ2n) is 5.02. The molecule has 1 aliphatic carbocycles. The minimum atomic E-state index is 0.834. The summed E-state index contributed by atoms with van der Waals surface area (Å²) in [6.07, 6.45) is 2.73. The molecule has 0 bridgehead atoms. The van der Waals surface area contributed by atoms with E-state index in [0.717, 1.165) is 49.5 Å². The average molecular weight is 269 g/mol. The predicted octanol–water partition coefficient (Wildman–Crippen LogP) is 1.72. The fourth-order valence-electron chi connectivity index (χ4n) is 1.76. The summed E-state index contributed by atoms with van der Waals surface area (Å²) >= 11 is 1.73. The van der Waals surface area contributed by atoms with Crippen molar-refractivity contribution < 1.29 is 4.74 Å². The molecular formula is C13H23N3OS. The third kappa shape index (κ3) is 5.02. The molecule has 2 rings (SSSR count). The Hall–Kier alpha value is -0.490. The van der Waals surface area contributed by atoms with Gasteiger partial charge >= 0.3 is 0 Å². The molecule has 1 aromatic heterocycles. The average Bonchev–Trinajstić information content (AvgIpc) is 3.07. The second kappa shape index (κ2) is 7.19. The van der Waals surface area contributed by atoms with Crippen molar-refractivity contribution in [2.24, 2.45) is 5.92 Å². The standard InChI is InChI=1S/C13H23N3OS/c1-14-7-13-15-12(10-18-13)8-16(2)5-6-17-9-11-3-4-11/h10-11,14H,3-9H2,1-2H3. The fourth-order valence-corrected chi connectivity index (χ4v) is 2.56. The normalized spacial score (nSPS) is 15.5. The molecule has 1 N–H and O–H groups in total. The summed E-state index contributed by atoms with van der Waals surface area (Å²) < 4.78 is 5.64. The molecule has 0 saturated heterocycles. The van der Waals surface area contributed by atoms with E-state index in [9.17, 15) is 0 Å². The van der Waals surface area contributed by atoms with Crippen LogP contribution in [0.1, 0.15) is 23.5 Å². The van der Waals surface area contributed by atoms with Crippen LogP contribution in [0.3, 0.4) is 0 Å². The number of thiazole rings is 1. The number of nitrogens with one attached hydrogen (secondary N) is 1. The number of rotatable bonds is 9. The zero-order valence-corrected chi connectivity index (χ0v) is 12.1. The molecule has 18 heavy (non-hydrogen) atoms. The Balaban J connectivity index is 1.60. The third-order valence-corrected chi connectivity index (χ3v) is 3.92. The summed E-state index contributed by atoms with van der Waals surface area (Å²) in [5.74, 6) is 0.859. The summed E-state index contributed by atoms with van der Waals surface area (Å²) in [7, 11) is 4.07. The lowest BCUT2D eigenvalue weighted by Crippen LogP contribution is -2.23. The van der Waals surface area contributed by atoms with E-state index in [0.29, 0.717) is 0 Å². The molecule has 1 aliphatic rings. The van der Waals surface area contributed by atoms with Crippen molar-refractivity contribution in [3.8, 4) is 0 Å². The van der Waals surface area contributed by atoms with Crippen LogP contribution in [0.15, 0.2) is 5.38 Å². The van der Waals surface area contributed by atoms with Crippen molar-refractivity contribution >= 4 is 11.3 Å². The number of likely N-dealkylation sites (N-methyl/N-ethyl adjacent to an activating group) is 1. The third-order valence-electron chi connectivity index (χ3n) is 3.03. The van der Waals surface area contributed by atoms with Crippen LogP contribution in [0.2, 0.25) is 0 Å². The lowest BCUT2D eigenvalue weighted by Gasteiger charge is -2.15. The Morgan fingerprint density at radius 2 is 2.39 bits per heavy atom. The van der Waals surface area contributed by atoms with Gasteiger partial charge in [-0.05, 0) is 32.9 Å². The summed E-state index contributed by atoms with van der Waals surface area (Å²) in [5.41, 5.74) is 1.16. The van der Waals surface area contributed by atoms with Crippen LogP contribution < -0.4 is 5.32 Å². The van der Waals surface area contributed by atoms with Gasteiger partial charge in [0, 0.05) is 31.6 Å². The van der Waals surface area contributed by atoms with Crippen LogP contribution in [0.5, 0.6) is 0 Å². The highest BCUT2D eigenvalue weighted by Crippen LogP contribution is 2.28. The van der Waals surface area contributed by atoms with Gasteiger partial charge in [0.2, 0.25) is 0 Å². The molecule has 4 nitrogen and oxygen atoms in total. The van der Waals surface area contributed by atoms with Crippen molar-refractivity contribution in [3.63, 3.8) is 0 Å². The molecule has 1 heterocycles. The highest BCUT2D eigenvalue weighted by Gasteiger charge is 2.20. The highest BCUT2D eigenvalue weighted by molar-refractivity contribution is 7.09. The Bertz CT molecular complexity index is 352. The maximum atomic E-state index is 5.64. The van der Waals surface area contributed by atoms with Gasteiger partial charge in [0.05, 0.1) is 12.3 Å². The van der Waals surface area contributed by atoms with Gasteiger partial charge in [-0.2, -0.15) is 0 Å². The van der Waals surface area contributed by atoms with Crippen LogP contribution in [0.25, 0.3) is 0 Å². The molecule has 1 fully saturated rings. The fraction of sp³-hybridized carbons (Fsp3) is 0.769. The Morgan fingerprint density at radius 1 is 1.56 bits per heavy atom. The number of hydrogen-bond acceptors (Lipinski definition) is 5. The zero-order chi connectivity index (χ0) is 12.8. The molecule has 0 unspecified atom stereocenters. The SMILES string of the molecule is CNCc1nc(CN(C)CCOCC2CC2)cs1. The number of aromatic nitrogens is 1. The molecule has 1 aromatic rings. The Labute approximate surface area is 113 Å². The van der Waals surface area contributed by atoms with E-state index < -0.39 is 0 Å². The number of nitrogens with zero attached hydrogens (tertiary/aromatic N) is 2. The molecule has 0 aliphatic heterocycles. The maximum Gasteiger partial charge on any atom is 0.107 e. The molecule has 0 spiro atoms. The number of ether oxygens (including phenoxy) is 1. The molecule has 5 heteroatoms. The smallest absolute Gasteiger partial charge is 0.107 e. The van der Waals surface area contributed by atoms with Gasteiger partial charge in [-0.15, -0.1) is 11.3 Å². The maximum absolute atomic E-state index is 5.64. The van der Waals surface area contributed by atoms with Crippen molar-refractivity contribution in [1.29, 1.82) is 0 Å². The molecule has 102 valence electrons. The van der Waals surface area contributed by atoms with Crippen molar-refractivity contribution in [1.82, 2.24) is 15.2 Å². The van der Waals surface area contributed by atoms with Gasteiger partial charge in [0.1, 0.15) is 5.01 Å². The molecule has 0 aromatic carbocycles. The molecule has 1 saturated carbocycles. The van der Waals surface area contributed by atoms with Gasteiger partial charge in [0.25, 0.3) is 0 Å². The molecular weight excluding hydrogens is 246 g/mol. The van der Waals surface area contributed by atoms with Crippen LogP contribution in [0.4, 0.5) is 0 Å². The van der Waals surface area contributed by atoms with Gasteiger partial charge in [-0.25, -0.2) is 4.98 Å². The highest BCUT2D eigenvalue weighted by atomic mass is 32.1. The Morgan fingerprint density at radius 3 is 3.11 bits per heavy atom. The zero-order valence-electron chi connectivity index (χ0n) is 11.3. The van der Waals surface area contributed by atoms with Crippen LogP contribution in [-0.2, 0) is 17.8 Å². The predicted molar refractivity (Wildman–Crippen MR) is 74.8 cm³/mol. The first-order valence-corrected chi connectivity index (χ1v) is 7.50. The monoisotopic (exact) mass is 269 g/mol. The number of hydrogen-bond donors (Lipinski definition) is 1. The molecule has 0 atom stereocenters. The quantitative estimate of drug-likeness (QED) is 0.693. The lowest BCUT2D eigenvalue weighted by atomic mass is 10.4. The lowest BCUT2D eigenvalue weighted by molar-refractivity contribution is 0.101. The van der Waals surface area contributed by atoms with E-state index >= 15 is 0 Å². The van der Waals surface area contributed by atoms with E-state index in [4.69, 9.17) is 4.74 Å². The summed E-state index contributed by atoms with van der Waals surface area (Å²) in [5, 5.41) is 6.43. The summed E-state index contributed by atoms with van der Waals surface area (Å²) in [6, 6.07) is 0. The van der Waals surface area contributed by atoms with E-state index in [1.54, 1.807) is 11.3 Å². The van der Waals surface area contributed by atoms with Crippen molar-refractivity contribution in [2.75, 3.05) is 33.9 Å². The first kappa shape index (κ1) is 13.9. The first-order chi connectivity index (χ1) is 8.78. The van der Waals surface area contributed by atoms with Gasteiger partial charge in [0.15, 0.2) is 0 Å². The van der Waals surface area contributed by atoms with Crippen molar-refractivity contribution in [2.45, 2.75) is 25.9 Å². The van der Waals surface area contributed by atoms with Gasteiger partial charge in [-0.1, -0.05) is 0 Å². The molecule has 0 radical (unpaired) electrons.